The molecule has 31 heavy (non-hydrogen) atoms. The lowest BCUT2D eigenvalue weighted by Crippen LogP contribution is -2.24. The number of tetrazole rings is 1. The summed E-state index contributed by atoms with van der Waals surface area (Å²) < 4.78 is 19.1. The average Bonchev–Trinajstić information content (AvgIpc) is 3.30. The first-order valence-corrected chi connectivity index (χ1v) is 9.98. The van der Waals surface area contributed by atoms with Gasteiger partial charge < -0.3 is 10.1 Å². The number of benzene rings is 2. The molecule has 2 aromatic carbocycles. The van der Waals surface area contributed by atoms with Gasteiger partial charge in [-0.25, -0.2) is 14.5 Å². The third-order valence-corrected chi connectivity index (χ3v) is 4.74. The van der Waals surface area contributed by atoms with Gasteiger partial charge >= 0.3 is 0 Å². The summed E-state index contributed by atoms with van der Waals surface area (Å²) in [5.41, 5.74) is 2.54. The Labute approximate surface area is 177 Å². The molecule has 0 aliphatic carbocycles. The van der Waals surface area contributed by atoms with E-state index in [1.54, 1.807) is 24.3 Å². The van der Waals surface area contributed by atoms with E-state index in [1.165, 1.54) is 12.1 Å². The number of aryl methyl sites for hydroxylation is 1. The molecule has 0 atom stereocenters. The van der Waals surface area contributed by atoms with Crippen molar-refractivity contribution in [1.29, 1.82) is 0 Å². The molecule has 158 valence electrons. The lowest BCUT2D eigenvalue weighted by Gasteiger charge is -2.12. The molecule has 0 fully saturated rings. The van der Waals surface area contributed by atoms with Crippen LogP contribution in [0.3, 0.4) is 0 Å². The average molecular weight is 420 g/mol. The Kier molecular flexibility index (Phi) is 6.11. The highest BCUT2D eigenvalue weighted by Gasteiger charge is 2.12. The predicted molar refractivity (Wildman–Crippen MR) is 113 cm³/mol. The van der Waals surface area contributed by atoms with Crippen LogP contribution in [-0.4, -0.2) is 44.7 Å². The van der Waals surface area contributed by atoms with Crippen molar-refractivity contribution in [2.75, 3.05) is 13.2 Å². The van der Waals surface area contributed by atoms with E-state index in [4.69, 9.17) is 4.74 Å². The van der Waals surface area contributed by atoms with Crippen LogP contribution >= 0.6 is 0 Å². The third kappa shape index (κ3) is 4.82. The number of carbonyl (C=O) groups excluding carboxylic acids is 1. The molecule has 0 radical (unpaired) electrons. The molecule has 1 amide bonds. The third-order valence-electron chi connectivity index (χ3n) is 4.74. The minimum atomic E-state index is -0.312. The van der Waals surface area contributed by atoms with Gasteiger partial charge in [0.1, 0.15) is 17.4 Å². The van der Waals surface area contributed by atoms with E-state index < -0.39 is 0 Å². The highest BCUT2D eigenvalue weighted by atomic mass is 19.1. The molecule has 0 saturated heterocycles. The van der Waals surface area contributed by atoms with E-state index >= 15 is 0 Å². The van der Waals surface area contributed by atoms with Crippen LogP contribution in [0.2, 0.25) is 0 Å². The number of ether oxygens (including phenoxy) is 1. The summed E-state index contributed by atoms with van der Waals surface area (Å²) in [7, 11) is 0. The molecular formula is C22H21FN6O2. The van der Waals surface area contributed by atoms with Crippen molar-refractivity contribution in [3.8, 4) is 17.0 Å². The standard InChI is InChI=1S/C22H21FN6O2/c1-2-31-20-13-18(14-5-8-16(23)9-6-14)25-19-12-15(7-10-17(19)20)22(30)24-11-3-4-21-26-28-29-27-21/h5-10,12-13H,2-4,11H2,1H3,(H,24,30)(H,26,27,28,29). The minimum absolute atomic E-state index is 0.190. The number of H-pyrrole nitrogens is 1. The van der Waals surface area contributed by atoms with E-state index in [9.17, 15) is 9.18 Å². The lowest BCUT2D eigenvalue weighted by atomic mass is 10.1. The summed E-state index contributed by atoms with van der Waals surface area (Å²) in [5.74, 6) is 0.845. The lowest BCUT2D eigenvalue weighted by molar-refractivity contribution is 0.0953. The molecular weight excluding hydrogens is 399 g/mol. The van der Waals surface area contributed by atoms with E-state index in [0.29, 0.717) is 54.3 Å². The number of nitrogens with one attached hydrogen (secondary N) is 2. The number of carbonyl (C=O) groups is 1. The van der Waals surface area contributed by atoms with Crippen LogP contribution in [0.15, 0.2) is 48.5 Å². The summed E-state index contributed by atoms with van der Waals surface area (Å²) in [4.78, 5) is 17.3. The van der Waals surface area contributed by atoms with Gasteiger partial charge in [-0.05, 0) is 66.2 Å². The number of rotatable bonds is 8. The van der Waals surface area contributed by atoms with Gasteiger partial charge in [0.05, 0.1) is 17.8 Å². The van der Waals surface area contributed by atoms with E-state index in [-0.39, 0.29) is 11.7 Å². The van der Waals surface area contributed by atoms with Gasteiger partial charge in [0, 0.05) is 35.5 Å². The molecule has 0 aliphatic heterocycles. The Morgan fingerprint density at radius 1 is 1.16 bits per heavy atom. The smallest absolute Gasteiger partial charge is 0.251 e. The van der Waals surface area contributed by atoms with Gasteiger partial charge in [-0.2, -0.15) is 0 Å². The van der Waals surface area contributed by atoms with E-state index in [1.807, 2.05) is 19.1 Å². The second-order valence-electron chi connectivity index (χ2n) is 6.88. The molecule has 4 aromatic rings. The van der Waals surface area contributed by atoms with Crippen molar-refractivity contribution in [3.05, 3.63) is 65.7 Å². The molecule has 2 N–H and O–H groups in total. The number of hydrogen-bond donors (Lipinski definition) is 2. The number of halogens is 1. The number of aromatic amines is 1. The molecule has 2 heterocycles. The number of hydrogen-bond acceptors (Lipinski definition) is 6. The second kappa shape index (κ2) is 9.29. The topological polar surface area (TPSA) is 106 Å². The molecule has 0 unspecified atom stereocenters. The maximum Gasteiger partial charge on any atom is 0.251 e. The van der Waals surface area contributed by atoms with Crippen molar-refractivity contribution in [1.82, 2.24) is 30.9 Å². The van der Waals surface area contributed by atoms with E-state index in [0.717, 1.165) is 10.9 Å². The predicted octanol–water partition coefficient (Wildman–Crippen LogP) is 3.32. The first-order chi connectivity index (χ1) is 15.1. The van der Waals surface area contributed by atoms with Gasteiger partial charge in [0.25, 0.3) is 5.91 Å². The first-order valence-electron chi connectivity index (χ1n) is 9.98. The van der Waals surface area contributed by atoms with Gasteiger partial charge in [0.15, 0.2) is 0 Å². The Morgan fingerprint density at radius 3 is 2.74 bits per heavy atom. The fourth-order valence-corrected chi connectivity index (χ4v) is 3.23. The number of aromatic nitrogens is 5. The summed E-state index contributed by atoms with van der Waals surface area (Å²) >= 11 is 0. The van der Waals surface area contributed by atoms with Crippen molar-refractivity contribution in [3.63, 3.8) is 0 Å². The first kappa shape index (κ1) is 20.4. The molecule has 4 rings (SSSR count). The van der Waals surface area contributed by atoms with Crippen molar-refractivity contribution in [2.45, 2.75) is 19.8 Å². The zero-order valence-electron chi connectivity index (χ0n) is 16.9. The van der Waals surface area contributed by atoms with Crippen molar-refractivity contribution >= 4 is 16.8 Å². The van der Waals surface area contributed by atoms with E-state index in [2.05, 4.69) is 30.9 Å². The number of amides is 1. The monoisotopic (exact) mass is 420 g/mol. The van der Waals surface area contributed by atoms with Gasteiger partial charge in [-0.1, -0.05) is 0 Å². The molecule has 2 aromatic heterocycles. The summed E-state index contributed by atoms with van der Waals surface area (Å²) in [6.45, 7) is 2.89. The summed E-state index contributed by atoms with van der Waals surface area (Å²) in [6, 6.07) is 13.3. The summed E-state index contributed by atoms with van der Waals surface area (Å²) in [5, 5.41) is 17.3. The number of nitrogens with zero attached hydrogens (tertiary/aromatic N) is 4. The van der Waals surface area contributed by atoms with Crippen LogP contribution in [0.1, 0.15) is 29.5 Å². The fraction of sp³-hybridized carbons (Fsp3) is 0.227. The van der Waals surface area contributed by atoms with Crippen molar-refractivity contribution < 1.29 is 13.9 Å². The van der Waals surface area contributed by atoms with Gasteiger partial charge in [-0.15, -0.1) is 5.10 Å². The normalized spacial score (nSPS) is 10.9. The Balaban J connectivity index is 1.56. The van der Waals surface area contributed by atoms with Crippen LogP contribution in [0.4, 0.5) is 4.39 Å². The van der Waals surface area contributed by atoms with Crippen molar-refractivity contribution in [2.24, 2.45) is 0 Å². The maximum absolute atomic E-state index is 13.3. The Bertz CT molecular complexity index is 1180. The minimum Gasteiger partial charge on any atom is -0.493 e. The van der Waals surface area contributed by atoms with Gasteiger partial charge in [-0.3, -0.25) is 4.79 Å². The molecule has 0 bridgehead atoms. The van der Waals surface area contributed by atoms with Crippen LogP contribution in [0, 0.1) is 5.82 Å². The largest absolute Gasteiger partial charge is 0.493 e. The zero-order chi connectivity index (χ0) is 21.6. The molecule has 8 nitrogen and oxygen atoms in total. The zero-order valence-corrected chi connectivity index (χ0v) is 16.9. The second-order valence-corrected chi connectivity index (χ2v) is 6.88. The molecule has 9 heteroatoms. The van der Waals surface area contributed by atoms with Crippen LogP contribution in [-0.2, 0) is 6.42 Å². The van der Waals surface area contributed by atoms with Crippen LogP contribution < -0.4 is 10.1 Å². The number of pyridine rings is 1. The van der Waals surface area contributed by atoms with Crippen LogP contribution in [0.5, 0.6) is 5.75 Å². The molecule has 0 aliphatic rings. The Morgan fingerprint density at radius 2 is 2.00 bits per heavy atom. The SMILES string of the molecule is CCOc1cc(-c2ccc(F)cc2)nc2cc(C(=O)NCCCc3nnn[nH]3)ccc12. The quantitative estimate of drug-likeness (QED) is 0.424. The summed E-state index contributed by atoms with van der Waals surface area (Å²) in [6.07, 6.45) is 1.35. The molecule has 0 saturated carbocycles. The fourth-order valence-electron chi connectivity index (χ4n) is 3.23. The number of fused-ring (bicyclic) bond motifs is 1. The maximum atomic E-state index is 13.3. The Hall–Kier alpha value is -3.88. The highest BCUT2D eigenvalue weighted by molar-refractivity contribution is 5.99. The highest BCUT2D eigenvalue weighted by Crippen LogP contribution is 2.31. The van der Waals surface area contributed by atoms with Crippen LogP contribution in [0.25, 0.3) is 22.2 Å². The molecule has 0 spiro atoms. The van der Waals surface area contributed by atoms with Gasteiger partial charge in [0.2, 0.25) is 0 Å².